The lowest BCUT2D eigenvalue weighted by Crippen LogP contribution is -2.52. The molecule has 32 heavy (non-hydrogen) atoms. The van der Waals surface area contributed by atoms with Gasteiger partial charge in [0, 0.05) is 50.1 Å². The molecule has 2 N–H and O–H groups in total. The maximum absolute atomic E-state index is 13.2. The number of nitrogens with zero attached hydrogens (tertiary/aromatic N) is 2. The van der Waals surface area contributed by atoms with E-state index in [1.165, 1.54) is 0 Å². The smallest absolute Gasteiger partial charge is 0.225 e. The fraction of sp³-hybridized carbons (Fsp3) is 0.900. The lowest BCUT2D eigenvalue weighted by Gasteiger charge is -2.39. The minimum atomic E-state index is -3.33. The van der Waals surface area contributed by atoms with Crippen LogP contribution in [-0.4, -0.2) is 89.2 Å². The second kappa shape index (κ2) is 10.4. The number of amides is 2. The molecule has 12 heteroatoms. The van der Waals surface area contributed by atoms with Crippen molar-refractivity contribution in [2.24, 2.45) is 11.8 Å². The number of rotatable bonds is 6. The molecular weight excluding hydrogens is 456 g/mol. The van der Waals surface area contributed by atoms with Crippen LogP contribution in [0.3, 0.4) is 0 Å². The van der Waals surface area contributed by atoms with Crippen LogP contribution in [-0.2, 0) is 29.6 Å². The van der Waals surface area contributed by atoms with Gasteiger partial charge in [-0.05, 0) is 44.9 Å². The molecule has 0 aromatic heterocycles. The average Bonchev–Trinajstić information content (AvgIpc) is 2.70. The minimum Gasteiger partial charge on any atom is -0.341 e. The summed E-state index contributed by atoms with van der Waals surface area (Å²) in [5.74, 6) is -0.440. The molecule has 0 spiro atoms. The zero-order valence-electron chi connectivity index (χ0n) is 19.0. The monoisotopic (exact) mass is 492 g/mol. The van der Waals surface area contributed by atoms with Gasteiger partial charge in [-0.15, -0.1) is 0 Å². The Hall–Kier alpha value is -1.24. The Labute approximate surface area is 191 Å². The number of piperidine rings is 2. The Morgan fingerprint density at radius 2 is 1.09 bits per heavy atom. The molecule has 4 atom stereocenters. The standard InChI is InChI=1S/C20H36N4O6S2/c1-31(27,28)21-17-8-4-10-23(13-17)19(25)15-6-3-7-16(12-15)20(26)24-11-5-9-18(14-24)22-32(2,29)30/h15-18,21-22H,3-14H2,1-2H3. The summed E-state index contributed by atoms with van der Waals surface area (Å²) in [5, 5.41) is 0. The van der Waals surface area contributed by atoms with Crippen molar-refractivity contribution in [3.05, 3.63) is 0 Å². The van der Waals surface area contributed by atoms with E-state index < -0.39 is 20.0 Å². The normalized spacial score (nSPS) is 30.2. The number of nitrogens with one attached hydrogen (secondary N) is 2. The van der Waals surface area contributed by atoms with E-state index in [0.29, 0.717) is 45.4 Å². The Morgan fingerprint density at radius 3 is 1.47 bits per heavy atom. The lowest BCUT2D eigenvalue weighted by atomic mass is 9.79. The van der Waals surface area contributed by atoms with Crippen LogP contribution in [0.2, 0.25) is 0 Å². The van der Waals surface area contributed by atoms with E-state index in [-0.39, 0.29) is 35.7 Å². The van der Waals surface area contributed by atoms with Crippen molar-refractivity contribution in [1.29, 1.82) is 0 Å². The third-order valence-corrected chi connectivity index (χ3v) is 8.12. The highest BCUT2D eigenvalue weighted by atomic mass is 32.2. The second-order valence-electron chi connectivity index (χ2n) is 9.59. The van der Waals surface area contributed by atoms with Crippen LogP contribution in [0.25, 0.3) is 0 Å². The first kappa shape index (κ1) is 25.4. The molecule has 3 fully saturated rings. The maximum Gasteiger partial charge on any atom is 0.225 e. The summed E-state index contributed by atoms with van der Waals surface area (Å²) in [7, 11) is -6.65. The molecular formula is C20H36N4O6S2. The lowest BCUT2D eigenvalue weighted by molar-refractivity contribution is -0.142. The predicted octanol–water partition coefficient (Wildman–Crippen LogP) is -0.127. The molecule has 2 saturated heterocycles. The van der Waals surface area contributed by atoms with Gasteiger partial charge in [0.25, 0.3) is 0 Å². The summed E-state index contributed by atoms with van der Waals surface area (Å²) >= 11 is 0. The van der Waals surface area contributed by atoms with Gasteiger partial charge in [-0.1, -0.05) is 6.42 Å². The number of hydrogen-bond acceptors (Lipinski definition) is 6. The summed E-state index contributed by atoms with van der Waals surface area (Å²) in [5.41, 5.74) is 0. The molecule has 2 heterocycles. The number of hydrogen-bond donors (Lipinski definition) is 2. The molecule has 3 aliphatic rings. The summed E-state index contributed by atoms with van der Waals surface area (Å²) in [6, 6.07) is -0.535. The van der Waals surface area contributed by atoms with Gasteiger partial charge >= 0.3 is 0 Å². The van der Waals surface area contributed by atoms with E-state index in [2.05, 4.69) is 9.44 Å². The van der Waals surface area contributed by atoms with Crippen LogP contribution < -0.4 is 9.44 Å². The minimum absolute atomic E-state index is 0.0118. The van der Waals surface area contributed by atoms with Gasteiger partial charge in [-0.3, -0.25) is 9.59 Å². The number of likely N-dealkylation sites (tertiary alicyclic amines) is 2. The van der Waals surface area contributed by atoms with Gasteiger partial charge in [0.15, 0.2) is 0 Å². The van der Waals surface area contributed by atoms with Crippen molar-refractivity contribution in [3.63, 3.8) is 0 Å². The van der Waals surface area contributed by atoms with Crippen LogP contribution in [0, 0.1) is 11.8 Å². The molecule has 10 nitrogen and oxygen atoms in total. The fourth-order valence-electron chi connectivity index (χ4n) is 5.31. The number of carbonyl (C=O) groups excluding carboxylic acids is 2. The summed E-state index contributed by atoms with van der Waals surface area (Å²) < 4.78 is 51.4. The summed E-state index contributed by atoms with van der Waals surface area (Å²) in [6.07, 6.45) is 7.93. The first-order valence-corrected chi connectivity index (χ1v) is 15.2. The molecule has 3 rings (SSSR count). The van der Waals surface area contributed by atoms with Crippen LogP contribution in [0.5, 0.6) is 0 Å². The molecule has 2 aliphatic heterocycles. The Kier molecular flexibility index (Phi) is 8.21. The van der Waals surface area contributed by atoms with Gasteiger partial charge < -0.3 is 9.80 Å². The van der Waals surface area contributed by atoms with Crippen LogP contribution in [0.4, 0.5) is 0 Å². The van der Waals surface area contributed by atoms with E-state index in [0.717, 1.165) is 44.6 Å². The summed E-state index contributed by atoms with van der Waals surface area (Å²) in [6.45, 7) is 1.96. The first-order valence-electron chi connectivity index (χ1n) is 11.4. The zero-order chi connectivity index (χ0) is 23.5. The third kappa shape index (κ3) is 7.39. The quantitative estimate of drug-likeness (QED) is 0.531. The van der Waals surface area contributed by atoms with Crippen molar-refractivity contribution < 1.29 is 26.4 Å². The van der Waals surface area contributed by atoms with Gasteiger partial charge in [-0.2, -0.15) is 0 Å². The van der Waals surface area contributed by atoms with Gasteiger partial charge in [-0.25, -0.2) is 26.3 Å². The molecule has 0 aromatic carbocycles. The highest BCUT2D eigenvalue weighted by molar-refractivity contribution is 7.89. The number of carbonyl (C=O) groups is 2. The highest BCUT2D eigenvalue weighted by Gasteiger charge is 2.37. The highest BCUT2D eigenvalue weighted by Crippen LogP contribution is 2.33. The van der Waals surface area contributed by atoms with Gasteiger partial charge in [0.1, 0.15) is 0 Å². The Morgan fingerprint density at radius 1 is 0.688 bits per heavy atom. The van der Waals surface area contributed by atoms with E-state index >= 15 is 0 Å². The van der Waals surface area contributed by atoms with E-state index in [1.54, 1.807) is 9.80 Å². The Balaban J connectivity index is 1.57. The van der Waals surface area contributed by atoms with E-state index in [1.807, 2.05) is 0 Å². The maximum atomic E-state index is 13.2. The fourth-order valence-corrected chi connectivity index (χ4v) is 6.90. The van der Waals surface area contributed by atoms with Crippen molar-refractivity contribution in [1.82, 2.24) is 19.2 Å². The molecule has 2 amide bonds. The van der Waals surface area contributed by atoms with Crippen LogP contribution in [0.15, 0.2) is 0 Å². The molecule has 4 unspecified atom stereocenters. The van der Waals surface area contributed by atoms with Crippen LogP contribution >= 0.6 is 0 Å². The SMILES string of the molecule is CS(=O)(=O)NC1CCCN(C(=O)C2CCCC(C(=O)N3CCCC(NS(C)(=O)=O)C3)C2)C1. The van der Waals surface area contributed by atoms with E-state index in [4.69, 9.17) is 0 Å². The zero-order valence-corrected chi connectivity index (χ0v) is 20.6. The van der Waals surface area contributed by atoms with Crippen molar-refractivity contribution >= 4 is 31.9 Å². The molecule has 184 valence electrons. The average molecular weight is 493 g/mol. The van der Waals surface area contributed by atoms with Crippen molar-refractivity contribution in [3.8, 4) is 0 Å². The molecule has 1 aliphatic carbocycles. The first-order chi connectivity index (χ1) is 14.9. The second-order valence-corrected chi connectivity index (χ2v) is 13.1. The van der Waals surface area contributed by atoms with Gasteiger partial charge in [0.2, 0.25) is 31.9 Å². The Bertz CT molecular complexity index is 835. The topological polar surface area (TPSA) is 133 Å². The van der Waals surface area contributed by atoms with Crippen LogP contribution in [0.1, 0.15) is 51.4 Å². The summed E-state index contributed by atoms with van der Waals surface area (Å²) in [4.78, 5) is 29.8. The van der Waals surface area contributed by atoms with E-state index in [9.17, 15) is 26.4 Å². The number of sulfonamides is 2. The molecule has 0 aromatic rings. The largest absolute Gasteiger partial charge is 0.341 e. The molecule has 0 radical (unpaired) electrons. The van der Waals surface area contributed by atoms with Crippen molar-refractivity contribution in [2.45, 2.75) is 63.5 Å². The molecule has 0 bridgehead atoms. The van der Waals surface area contributed by atoms with Crippen molar-refractivity contribution in [2.75, 3.05) is 38.7 Å². The predicted molar refractivity (Wildman–Crippen MR) is 121 cm³/mol. The van der Waals surface area contributed by atoms with Gasteiger partial charge in [0.05, 0.1) is 12.5 Å². The third-order valence-electron chi connectivity index (χ3n) is 6.60. The molecule has 1 saturated carbocycles.